The van der Waals surface area contributed by atoms with Gasteiger partial charge in [0.15, 0.2) is 6.10 Å². The summed E-state index contributed by atoms with van der Waals surface area (Å²) in [5.41, 5.74) is 3.60. The standard InChI is InChI=1S/C22H25FN2O2/c1-15(2)22(26)25(13-18-6-4-5-7-20(18)23)14-19-12-21(24-27-19)17-10-8-16(3)9-11-17/h4-11,15,19H,12-14H2,1-3H3/t19-/m1/s1. The fraction of sp³-hybridized carbons (Fsp3) is 0.364. The highest BCUT2D eigenvalue weighted by Crippen LogP contribution is 2.20. The van der Waals surface area contributed by atoms with E-state index in [4.69, 9.17) is 4.84 Å². The van der Waals surface area contributed by atoms with Crippen molar-refractivity contribution < 1.29 is 14.0 Å². The van der Waals surface area contributed by atoms with Crippen molar-refractivity contribution in [2.75, 3.05) is 6.54 Å². The third-order valence-corrected chi connectivity index (χ3v) is 4.67. The Morgan fingerprint density at radius 2 is 1.93 bits per heavy atom. The van der Waals surface area contributed by atoms with Crippen LogP contribution in [-0.2, 0) is 16.2 Å². The van der Waals surface area contributed by atoms with Crippen molar-refractivity contribution in [1.29, 1.82) is 0 Å². The Labute approximate surface area is 159 Å². The molecule has 4 nitrogen and oxygen atoms in total. The van der Waals surface area contributed by atoms with E-state index in [1.807, 2.05) is 45.0 Å². The lowest BCUT2D eigenvalue weighted by atomic mass is 10.0. The number of oxime groups is 1. The zero-order chi connectivity index (χ0) is 19.4. The van der Waals surface area contributed by atoms with Crippen LogP contribution in [0.5, 0.6) is 0 Å². The van der Waals surface area contributed by atoms with Crippen LogP contribution in [0.15, 0.2) is 53.7 Å². The van der Waals surface area contributed by atoms with E-state index in [2.05, 4.69) is 5.16 Å². The van der Waals surface area contributed by atoms with E-state index in [0.717, 1.165) is 11.3 Å². The van der Waals surface area contributed by atoms with Crippen LogP contribution in [0.1, 0.15) is 37.0 Å². The molecule has 1 heterocycles. The number of rotatable bonds is 6. The third-order valence-electron chi connectivity index (χ3n) is 4.67. The molecule has 0 spiro atoms. The molecule has 2 aromatic rings. The second-order valence-corrected chi connectivity index (χ2v) is 7.30. The van der Waals surface area contributed by atoms with Gasteiger partial charge < -0.3 is 9.74 Å². The zero-order valence-corrected chi connectivity index (χ0v) is 16.0. The molecule has 0 saturated carbocycles. The number of amides is 1. The van der Waals surface area contributed by atoms with Gasteiger partial charge in [-0.1, -0.05) is 67.0 Å². The van der Waals surface area contributed by atoms with Crippen molar-refractivity contribution in [3.05, 3.63) is 71.0 Å². The van der Waals surface area contributed by atoms with Crippen LogP contribution in [0.3, 0.4) is 0 Å². The minimum absolute atomic E-state index is 0.0226. The minimum Gasteiger partial charge on any atom is -0.390 e. The molecular formula is C22H25FN2O2. The normalized spacial score (nSPS) is 16.2. The Morgan fingerprint density at radius 3 is 2.59 bits per heavy atom. The molecular weight excluding hydrogens is 343 g/mol. The fourth-order valence-corrected chi connectivity index (χ4v) is 3.12. The van der Waals surface area contributed by atoms with Crippen molar-refractivity contribution in [2.24, 2.45) is 11.1 Å². The molecule has 0 aliphatic carbocycles. The van der Waals surface area contributed by atoms with Gasteiger partial charge in [-0.3, -0.25) is 4.79 Å². The molecule has 1 aliphatic rings. The summed E-state index contributed by atoms with van der Waals surface area (Å²) in [7, 11) is 0. The molecule has 27 heavy (non-hydrogen) atoms. The van der Waals surface area contributed by atoms with Crippen molar-refractivity contribution in [2.45, 2.75) is 39.8 Å². The van der Waals surface area contributed by atoms with Crippen LogP contribution in [0.4, 0.5) is 4.39 Å². The van der Waals surface area contributed by atoms with E-state index < -0.39 is 0 Å². The lowest BCUT2D eigenvalue weighted by Gasteiger charge is -2.26. The van der Waals surface area contributed by atoms with E-state index in [0.29, 0.717) is 18.5 Å². The van der Waals surface area contributed by atoms with E-state index in [-0.39, 0.29) is 30.3 Å². The highest BCUT2D eigenvalue weighted by Gasteiger charge is 2.28. The van der Waals surface area contributed by atoms with Gasteiger partial charge in [0.1, 0.15) is 5.82 Å². The average Bonchev–Trinajstić information content (AvgIpc) is 3.11. The number of nitrogens with zero attached hydrogens (tertiary/aromatic N) is 2. The van der Waals surface area contributed by atoms with Crippen molar-refractivity contribution in [3.63, 3.8) is 0 Å². The quantitative estimate of drug-likeness (QED) is 0.762. The van der Waals surface area contributed by atoms with Gasteiger partial charge in [0, 0.05) is 24.4 Å². The van der Waals surface area contributed by atoms with E-state index in [1.165, 1.54) is 11.6 Å². The summed E-state index contributed by atoms with van der Waals surface area (Å²) in [6.45, 7) is 6.34. The number of carbonyl (C=O) groups is 1. The summed E-state index contributed by atoms with van der Waals surface area (Å²) in [6, 6.07) is 14.7. The molecule has 1 aliphatic heterocycles. The van der Waals surface area contributed by atoms with E-state index >= 15 is 0 Å². The summed E-state index contributed by atoms with van der Waals surface area (Å²) in [5, 5.41) is 4.20. The largest absolute Gasteiger partial charge is 0.390 e. The van der Waals surface area contributed by atoms with Gasteiger partial charge in [-0.25, -0.2) is 4.39 Å². The highest BCUT2D eigenvalue weighted by atomic mass is 19.1. The maximum absolute atomic E-state index is 14.1. The van der Waals surface area contributed by atoms with Gasteiger partial charge in [-0.2, -0.15) is 0 Å². The first-order chi connectivity index (χ1) is 12.9. The second-order valence-electron chi connectivity index (χ2n) is 7.30. The second kappa shape index (κ2) is 8.33. The Bertz CT molecular complexity index is 830. The van der Waals surface area contributed by atoms with Crippen molar-refractivity contribution >= 4 is 11.6 Å². The molecule has 1 atom stereocenters. The number of hydrogen-bond acceptors (Lipinski definition) is 3. The molecule has 0 saturated heterocycles. The monoisotopic (exact) mass is 368 g/mol. The molecule has 142 valence electrons. The minimum atomic E-state index is -0.303. The summed E-state index contributed by atoms with van der Waals surface area (Å²) < 4.78 is 14.1. The van der Waals surface area contributed by atoms with E-state index in [1.54, 1.807) is 23.1 Å². The van der Waals surface area contributed by atoms with Crippen molar-refractivity contribution in [3.8, 4) is 0 Å². The molecule has 0 fully saturated rings. The third kappa shape index (κ3) is 4.73. The number of benzene rings is 2. The molecule has 1 amide bonds. The maximum Gasteiger partial charge on any atom is 0.225 e. The fourth-order valence-electron chi connectivity index (χ4n) is 3.12. The van der Waals surface area contributed by atoms with Crippen LogP contribution in [0, 0.1) is 18.7 Å². The smallest absolute Gasteiger partial charge is 0.225 e. The lowest BCUT2D eigenvalue weighted by molar-refractivity contribution is -0.137. The molecule has 0 radical (unpaired) electrons. The first-order valence-corrected chi connectivity index (χ1v) is 9.26. The van der Waals surface area contributed by atoms with Gasteiger partial charge in [-0.15, -0.1) is 0 Å². The summed E-state index contributed by atoms with van der Waals surface area (Å²) in [4.78, 5) is 19.9. The lowest BCUT2D eigenvalue weighted by Crippen LogP contribution is -2.39. The summed E-state index contributed by atoms with van der Waals surface area (Å²) in [6.07, 6.45) is 0.401. The van der Waals surface area contributed by atoms with Gasteiger partial charge in [-0.05, 0) is 18.6 Å². The number of aryl methyl sites for hydroxylation is 1. The van der Waals surface area contributed by atoms with Crippen LogP contribution >= 0.6 is 0 Å². The Hall–Kier alpha value is -2.69. The SMILES string of the molecule is Cc1ccc(C2=NO[C@@H](CN(Cc3ccccc3F)C(=O)C(C)C)C2)cc1. The molecule has 0 aromatic heterocycles. The van der Waals surface area contributed by atoms with Crippen LogP contribution in [0.2, 0.25) is 0 Å². The number of halogens is 1. The Balaban J connectivity index is 1.69. The molecule has 2 aromatic carbocycles. The van der Waals surface area contributed by atoms with Gasteiger partial charge in [0.25, 0.3) is 0 Å². The first-order valence-electron chi connectivity index (χ1n) is 9.26. The average molecular weight is 368 g/mol. The van der Waals surface area contributed by atoms with Gasteiger partial charge in [0.2, 0.25) is 5.91 Å². The molecule has 0 N–H and O–H groups in total. The van der Waals surface area contributed by atoms with Crippen LogP contribution < -0.4 is 0 Å². The molecule has 5 heteroatoms. The molecule has 0 bridgehead atoms. The number of carbonyl (C=O) groups excluding carboxylic acids is 1. The van der Waals surface area contributed by atoms with E-state index in [9.17, 15) is 9.18 Å². The summed E-state index contributed by atoms with van der Waals surface area (Å²) in [5.74, 6) is -0.496. The first kappa shape index (κ1) is 19.1. The van der Waals surface area contributed by atoms with Gasteiger partial charge >= 0.3 is 0 Å². The van der Waals surface area contributed by atoms with Crippen LogP contribution in [0.25, 0.3) is 0 Å². The summed E-state index contributed by atoms with van der Waals surface area (Å²) >= 11 is 0. The predicted molar refractivity (Wildman–Crippen MR) is 104 cm³/mol. The molecule has 0 unspecified atom stereocenters. The molecule has 3 rings (SSSR count). The zero-order valence-electron chi connectivity index (χ0n) is 16.0. The highest BCUT2D eigenvalue weighted by molar-refractivity contribution is 6.01. The Kier molecular flexibility index (Phi) is 5.89. The Morgan fingerprint density at radius 1 is 1.22 bits per heavy atom. The maximum atomic E-state index is 14.1. The van der Waals surface area contributed by atoms with Crippen LogP contribution in [-0.4, -0.2) is 29.2 Å². The predicted octanol–water partition coefficient (Wildman–Crippen LogP) is 4.31. The number of hydrogen-bond donors (Lipinski definition) is 0. The topological polar surface area (TPSA) is 41.9 Å². The van der Waals surface area contributed by atoms with Crippen molar-refractivity contribution in [1.82, 2.24) is 4.90 Å². The van der Waals surface area contributed by atoms with Gasteiger partial charge in [0.05, 0.1) is 12.3 Å².